The maximum atomic E-state index is 11.1. The van der Waals surface area contributed by atoms with Crippen LogP contribution >= 0.6 is 15.6 Å². The van der Waals surface area contributed by atoms with E-state index in [-0.39, 0.29) is 12.8 Å². The van der Waals surface area contributed by atoms with Gasteiger partial charge < -0.3 is 20.8 Å². The van der Waals surface area contributed by atoms with E-state index in [0.29, 0.717) is 0 Å². The van der Waals surface area contributed by atoms with Gasteiger partial charge in [-0.15, -0.1) is 0 Å². The first kappa shape index (κ1) is 22.0. The van der Waals surface area contributed by atoms with Crippen LogP contribution in [0.3, 0.4) is 0 Å². The lowest BCUT2D eigenvalue weighted by atomic mass is 10.1. The van der Waals surface area contributed by atoms with Gasteiger partial charge >= 0.3 is 15.6 Å². The Morgan fingerprint density at radius 3 is 2.10 bits per heavy atom. The van der Waals surface area contributed by atoms with Gasteiger partial charge in [0.1, 0.15) is 0 Å². The summed E-state index contributed by atoms with van der Waals surface area (Å²) in [5.74, 6) is 0. The normalized spacial score (nSPS) is 15.2. The molecule has 10 heteroatoms. The van der Waals surface area contributed by atoms with Gasteiger partial charge in [-0.2, -0.15) is 4.31 Å². The summed E-state index contributed by atoms with van der Waals surface area (Å²) < 4.78 is 29.5. The van der Waals surface area contributed by atoms with Gasteiger partial charge in [0.2, 0.25) is 0 Å². The van der Waals surface area contributed by atoms with Crippen molar-refractivity contribution < 1.29 is 32.6 Å². The second kappa shape index (κ2) is 9.60. The topological polar surface area (TPSA) is 148 Å². The van der Waals surface area contributed by atoms with Crippen LogP contribution < -0.4 is 6.15 Å². The summed E-state index contributed by atoms with van der Waals surface area (Å²) in [5, 5.41) is 0. The molecule has 0 aliphatic heterocycles. The van der Waals surface area contributed by atoms with Crippen molar-refractivity contribution >= 4 is 15.6 Å². The maximum Gasteiger partial charge on any atom is 0.481 e. The summed E-state index contributed by atoms with van der Waals surface area (Å²) in [4.78, 5) is 25.8. The average Bonchev–Trinajstić information content (AvgIpc) is 2.12. The minimum absolute atomic E-state index is 0. The molecule has 20 heavy (non-hydrogen) atoms. The minimum Gasteiger partial charge on any atom is -0.344 e. The van der Waals surface area contributed by atoms with Crippen LogP contribution in [0.25, 0.3) is 0 Å². The first-order chi connectivity index (χ1) is 8.52. The molecule has 8 nitrogen and oxygen atoms in total. The highest BCUT2D eigenvalue weighted by Gasteiger charge is 2.31. The van der Waals surface area contributed by atoms with Gasteiger partial charge in [0.05, 0.1) is 6.61 Å². The summed E-state index contributed by atoms with van der Waals surface area (Å²) in [6.07, 6.45) is 5.24. The van der Waals surface area contributed by atoms with E-state index in [0.717, 1.165) is 18.4 Å². The fraction of sp³-hybridized carbons (Fsp3) is 0.600. The Labute approximate surface area is 118 Å². The molecule has 0 spiro atoms. The molecule has 120 valence electrons. The number of allylic oxidation sites excluding steroid dienone is 3. The van der Waals surface area contributed by atoms with E-state index in [4.69, 9.17) is 14.7 Å². The second-order valence-corrected chi connectivity index (χ2v) is 7.04. The largest absolute Gasteiger partial charge is 0.481 e. The zero-order valence-electron chi connectivity index (χ0n) is 11.9. The quantitative estimate of drug-likeness (QED) is 0.391. The molecule has 1 atom stereocenters. The smallest absolute Gasteiger partial charge is 0.344 e. The van der Waals surface area contributed by atoms with Crippen molar-refractivity contribution in [1.29, 1.82) is 0 Å². The Balaban J connectivity index is 0. The van der Waals surface area contributed by atoms with Crippen LogP contribution in [0.4, 0.5) is 0 Å². The lowest BCUT2D eigenvalue weighted by Crippen LogP contribution is -1.94. The number of phosphoric acid groups is 2. The molecule has 0 aromatic heterocycles. The van der Waals surface area contributed by atoms with Crippen LogP contribution in [-0.4, -0.2) is 21.3 Å². The number of phosphoric ester groups is 1. The number of rotatable bonds is 8. The molecular formula is C10H23NO7P2. The minimum atomic E-state index is -5.05. The molecule has 0 bridgehead atoms. The van der Waals surface area contributed by atoms with Crippen molar-refractivity contribution in [3.05, 3.63) is 23.3 Å². The summed E-state index contributed by atoms with van der Waals surface area (Å²) >= 11 is 0. The molecule has 0 saturated heterocycles. The van der Waals surface area contributed by atoms with E-state index in [1.54, 1.807) is 6.08 Å². The van der Waals surface area contributed by atoms with Crippen molar-refractivity contribution in [2.24, 2.45) is 0 Å². The van der Waals surface area contributed by atoms with Crippen molar-refractivity contribution in [1.82, 2.24) is 6.15 Å². The lowest BCUT2D eigenvalue weighted by Gasteiger charge is -2.11. The van der Waals surface area contributed by atoms with Gasteiger partial charge in [0, 0.05) is 0 Å². The highest BCUT2D eigenvalue weighted by atomic mass is 31.3. The third-order valence-electron chi connectivity index (χ3n) is 1.97. The molecule has 0 amide bonds. The van der Waals surface area contributed by atoms with Crippen LogP contribution in [-0.2, 0) is 18.0 Å². The number of hydrogen-bond donors (Lipinski definition) is 4. The molecule has 1 unspecified atom stereocenters. The highest BCUT2D eigenvalue weighted by molar-refractivity contribution is 7.60. The van der Waals surface area contributed by atoms with Crippen molar-refractivity contribution in [3.63, 3.8) is 0 Å². The lowest BCUT2D eigenvalue weighted by molar-refractivity contribution is 0.191. The van der Waals surface area contributed by atoms with Crippen molar-refractivity contribution in [3.8, 4) is 0 Å². The van der Waals surface area contributed by atoms with Gasteiger partial charge in [0.15, 0.2) is 0 Å². The maximum absolute atomic E-state index is 11.1. The average molecular weight is 331 g/mol. The van der Waals surface area contributed by atoms with E-state index in [2.05, 4.69) is 14.9 Å². The van der Waals surface area contributed by atoms with E-state index < -0.39 is 15.6 Å². The van der Waals surface area contributed by atoms with Crippen LogP contribution in [0.5, 0.6) is 0 Å². The van der Waals surface area contributed by atoms with Crippen LogP contribution in [0.2, 0.25) is 0 Å². The molecule has 0 radical (unpaired) electrons. The Kier molecular flexibility index (Phi) is 10.6. The van der Waals surface area contributed by atoms with Gasteiger partial charge in [0.25, 0.3) is 0 Å². The van der Waals surface area contributed by atoms with Gasteiger partial charge in [-0.1, -0.05) is 23.3 Å². The molecule has 6 N–H and O–H groups in total. The predicted octanol–water partition coefficient (Wildman–Crippen LogP) is 3.07. The highest BCUT2D eigenvalue weighted by Crippen LogP contribution is 2.57. The van der Waals surface area contributed by atoms with Crippen LogP contribution in [0, 0.1) is 0 Å². The summed E-state index contributed by atoms with van der Waals surface area (Å²) in [5.41, 5.74) is 2.15. The van der Waals surface area contributed by atoms with Gasteiger partial charge in [-0.3, -0.25) is 4.52 Å². The fourth-order valence-corrected chi connectivity index (χ4v) is 2.65. The number of hydrogen-bond acceptors (Lipinski definition) is 5. The monoisotopic (exact) mass is 331 g/mol. The fourth-order valence-electron chi connectivity index (χ4n) is 1.12. The zero-order chi connectivity index (χ0) is 15.1. The molecule has 0 aliphatic carbocycles. The van der Waals surface area contributed by atoms with E-state index in [9.17, 15) is 9.13 Å². The van der Waals surface area contributed by atoms with Crippen molar-refractivity contribution in [2.45, 2.75) is 33.6 Å². The second-order valence-electron chi connectivity index (χ2n) is 4.21. The summed E-state index contributed by atoms with van der Waals surface area (Å²) in [7, 11) is -9.78. The molecule has 0 aliphatic rings. The SMILES string of the molecule is CC(C)=CCC/C(C)=C/COP(=O)(O)OP(=O)(O)O.N. The first-order valence-corrected chi connectivity index (χ1v) is 8.57. The van der Waals surface area contributed by atoms with E-state index >= 15 is 0 Å². The first-order valence-electron chi connectivity index (χ1n) is 5.55. The standard InChI is InChI=1S/C10H20O7P2.H3N/c1-9(2)5-4-6-10(3)7-8-16-19(14,15)17-18(11,12)13;/h5,7H,4,6,8H2,1-3H3,(H,14,15)(H2,11,12,13);1H3/b10-7+;. The van der Waals surface area contributed by atoms with Gasteiger partial charge in [-0.25, -0.2) is 9.13 Å². The zero-order valence-corrected chi connectivity index (χ0v) is 13.6. The molecule has 0 fully saturated rings. The molecule has 0 saturated carbocycles. The molecule has 0 heterocycles. The Bertz CT molecular complexity index is 437. The Morgan fingerprint density at radius 1 is 1.10 bits per heavy atom. The van der Waals surface area contributed by atoms with Crippen LogP contribution in [0.15, 0.2) is 23.3 Å². The van der Waals surface area contributed by atoms with Gasteiger partial charge in [-0.05, 0) is 33.6 Å². The van der Waals surface area contributed by atoms with Crippen molar-refractivity contribution in [2.75, 3.05) is 6.61 Å². The van der Waals surface area contributed by atoms with E-state index in [1.807, 2.05) is 20.8 Å². The third-order valence-corrected chi connectivity index (χ3v) is 4.12. The molecular weight excluding hydrogens is 308 g/mol. The summed E-state index contributed by atoms with van der Waals surface area (Å²) in [6, 6.07) is 0. The molecule has 0 aromatic rings. The Morgan fingerprint density at radius 2 is 1.65 bits per heavy atom. The third kappa shape index (κ3) is 14.1. The van der Waals surface area contributed by atoms with Crippen LogP contribution in [0.1, 0.15) is 33.6 Å². The molecule has 0 rings (SSSR count). The Hall–Kier alpha value is -0.300. The predicted molar refractivity (Wildman–Crippen MR) is 76.4 cm³/mol. The summed E-state index contributed by atoms with van der Waals surface area (Å²) in [6.45, 7) is 5.55. The van der Waals surface area contributed by atoms with E-state index in [1.165, 1.54) is 5.57 Å². The molecule has 0 aromatic carbocycles.